The maximum absolute atomic E-state index is 6.20. The average molecular weight is 276 g/mol. The van der Waals surface area contributed by atoms with Gasteiger partial charge in [-0.1, -0.05) is 41.9 Å². The molecule has 0 aliphatic rings. The van der Waals surface area contributed by atoms with Crippen LogP contribution in [0.2, 0.25) is 5.02 Å². The molecule has 0 spiro atoms. The van der Waals surface area contributed by atoms with Crippen molar-refractivity contribution < 1.29 is 4.74 Å². The van der Waals surface area contributed by atoms with Crippen LogP contribution in [-0.4, -0.2) is 7.05 Å². The fourth-order valence-electron chi connectivity index (χ4n) is 1.95. The Hall–Kier alpha value is -1.51. The Kier molecular flexibility index (Phi) is 4.83. The molecular weight excluding hydrogens is 258 g/mol. The van der Waals surface area contributed by atoms with E-state index in [1.807, 2.05) is 37.4 Å². The minimum absolute atomic E-state index is 0.559. The Morgan fingerprint density at radius 3 is 2.63 bits per heavy atom. The van der Waals surface area contributed by atoms with Gasteiger partial charge in [0.2, 0.25) is 0 Å². The fraction of sp³-hybridized carbons (Fsp3) is 0.250. The zero-order valence-electron chi connectivity index (χ0n) is 11.2. The maximum Gasteiger partial charge on any atom is 0.125 e. The Labute approximate surface area is 119 Å². The molecule has 3 heteroatoms. The highest BCUT2D eigenvalue weighted by atomic mass is 35.5. The van der Waals surface area contributed by atoms with Crippen LogP contribution in [0.3, 0.4) is 0 Å². The molecule has 2 aromatic rings. The van der Waals surface area contributed by atoms with Crippen molar-refractivity contribution in [2.24, 2.45) is 0 Å². The summed E-state index contributed by atoms with van der Waals surface area (Å²) in [6.07, 6.45) is 0. The van der Waals surface area contributed by atoms with Crippen LogP contribution in [0.25, 0.3) is 0 Å². The van der Waals surface area contributed by atoms with Gasteiger partial charge < -0.3 is 10.1 Å². The van der Waals surface area contributed by atoms with Crippen molar-refractivity contribution in [3.8, 4) is 5.75 Å². The summed E-state index contributed by atoms with van der Waals surface area (Å²) in [6.45, 7) is 3.34. The summed E-state index contributed by atoms with van der Waals surface area (Å²) in [6, 6.07) is 14.0. The Morgan fingerprint density at radius 1 is 1.11 bits per heavy atom. The van der Waals surface area contributed by atoms with Gasteiger partial charge in [-0.3, -0.25) is 0 Å². The lowest BCUT2D eigenvalue weighted by Gasteiger charge is -2.13. The topological polar surface area (TPSA) is 21.3 Å². The third-order valence-corrected chi connectivity index (χ3v) is 3.43. The third kappa shape index (κ3) is 3.49. The maximum atomic E-state index is 6.20. The van der Waals surface area contributed by atoms with E-state index in [1.54, 1.807) is 0 Å². The normalized spacial score (nSPS) is 10.5. The summed E-state index contributed by atoms with van der Waals surface area (Å²) in [4.78, 5) is 0. The SMILES string of the molecule is CNCc1c(Cl)cccc1OCc1ccccc1C. The number of ether oxygens (including phenoxy) is 1. The Morgan fingerprint density at radius 2 is 1.89 bits per heavy atom. The largest absolute Gasteiger partial charge is 0.489 e. The van der Waals surface area contributed by atoms with E-state index in [0.29, 0.717) is 13.2 Å². The van der Waals surface area contributed by atoms with E-state index in [9.17, 15) is 0 Å². The van der Waals surface area contributed by atoms with Crippen molar-refractivity contribution in [1.29, 1.82) is 0 Å². The van der Waals surface area contributed by atoms with Gasteiger partial charge in [-0.25, -0.2) is 0 Å². The number of nitrogens with one attached hydrogen (secondary N) is 1. The van der Waals surface area contributed by atoms with Crippen LogP contribution in [0.5, 0.6) is 5.75 Å². The molecule has 0 saturated carbocycles. The highest BCUT2D eigenvalue weighted by molar-refractivity contribution is 6.31. The first-order valence-electron chi connectivity index (χ1n) is 6.31. The molecular formula is C16H18ClNO. The number of aryl methyl sites for hydroxylation is 1. The molecule has 0 saturated heterocycles. The first-order chi connectivity index (χ1) is 9.22. The van der Waals surface area contributed by atoms with E-state index in [0.717, 1.165) is 16.3 Å². The molecule has 0 unspecified atom stereocenters. The molecule has 0 bridgehead atoms. The van der Waals surface area contributed by atoms with Gasteiger partial charge in [0.25, 0.3) is 0 Å². The molecule has 1 N–H and O–H groups in total. The summed E-state index contributed by atoms with van der Waals surface area (Å²) >= 11 is 6.20. The number of benzene rings is 2. The first-order valence-corrected chi connectivity index (χ1v) is 6.69. The smallest absolute Gasteiger partial charge is 0.125 e. The number of hydrogen-bond acceptors (Lipinski definition) is 2. The van der Waals surface area contributed by atoms with E-state index in [-0.39, 0.29) is 0 Å². The predicted molar refractivity (Wildman–Crippen MR) is 79.7 cm³/mol. The van der Waals surface area contributed by atoms with Gasteiger partial charge in [0, 0.05) is 17.1 Å². The van der Waals surface area contributed by atoms with Crippen LogP contribution in [0.4, 0.5) is 0 Å². The van der Waals surface area contributed by atoms with Crippen LogP contribution in [-0.2, 0) is 13.2 Å². The molecule has 0 amide bonds. The standard InChI is InChI=1S/C16H18ClNO/c1-12-6-3-4-7-13(12)11-19-16-9-5-8-15(17)14(16)10-18-2/h3-9,18H,10-11H2,1-2H3. The molecule has 0 atom stereocenters. The Balaban J connectivity index is 2.16. The van der Waals surface area contributed by atoms with E-state index >= 15 is 0 Å². The van der Waals surface area contributed by atoms with Gasteiger partial charge in [0.05, 0.1) is 0 Å². The summed E-state index contributed by atoms with van der Waals surface area (Å²) in [5.74, 6) is 0.838. The number of hydrogen-bond donors (Lipinski definition) is 1. The van der Waals surface area contributed by atoms with Crippen LogP contribution < -0.4 is 10.1 Å². The molecule has 0 heterocycles. The van der Waals surface area contributed by atoms with Crippen LogP contribution in [0.1, 0.15) is 16.7 Å². The van der Waals surface area contributed by atoms with Gasteiger partial charge in [-0.15, -0.1) is 0 Å². The van der Waals surface area contributed by atoms with Gasteiger partial charge in [-0.2, -0.15) is 0 Å². The van der Waals surface area contributed by atoms with E-state index in [1.165, 1.54) is 11.1 Å². The predicted octanol–water partition coefficient (Wildman–Crippen LogP) is 3.95. The fourth-order valence-corrected chi connectivity index (χ4v) is 2.18. The van der Waals surface area contributed by atoms with Gasteiger partial charge in [-0.05, 0) is 37.2 Å². The van der Waals surface area contributed by atoms with Crippen LogP contribution in [0.15, 0.2) is 42.5 Å². The Bertz CT molecular complexity index is 554. The molecule has 0 aliphatic carbocycles. The zero-order chi connectivity index (χ0) is 13.7. The molecule has 0 aliphatic heterocycles. The molecule has 2 nitrogen and oxygen atoms in total. The quantitative estimate of drug-likeness (QED) is 0.892. The number of rotatable bonds is 5. The lowest BCUT2D eigenvalue weighted by Crippen LogP contribution is -2.08. The monoisotopic (exact) mass is 275 g/mol. The van der Waals surface area contributed by atoms with Gasteiger partial charge in [0.15, 0.2) is 0 Å². The first kappa shape index (κ1) is 13.9. The second-order valence-electron chi connectivity index (χ2n) is 4.46. The van der Waals surface area contributed by atoms with Crippen molar-refractivity contribution in [3.05, 3.63) is 64.2 Å². The summed E-state index contributed by atoms with van der Waals surface area (Å²) in [7, 11) is 1.90. The molecule has 100 valence electrons. The highest BCUT2D eigenvalue weighted by Crippen LogP contribution is 2.27. The van der Waals surface area contributed by atoms with Crippen LogP contribution in [0, 0.1) is 6.92 Å². The molecule has 0 fully saturated rings. The van der Waals surface area contributed by atoms with Crippen molar-refractivity contribution in [2.75, 3.05) is 7.05 Å². The van der Waals surface area contributed by atoms with Crippen molar-refractivity contribution in [3.63, 3.8) is 0 Å². The van der Waals surface area contributed by atoms with Crippen molar-refractivity contribution in [1.82, 2.24) is 5.32 Å². The lowest BCUT2D eigenvalue weighted by atomic mass is 10.1. The summed E-state index contributed by atoms with van der Waals surface area (Å²) in [5, 5.41) is 3.84. The molecule has 19 heavy (non-hydrogen) atoms. The minimum atomic E-state index is 0.559. The lowest BCUT2D eigenvalue weighted by molar-refractivity contribution is 0.301. The van der Waals surface area contributed by atoms with E-state index < -0.39 is 0 Å². The van der Waals surface area contributed by atoms with Crippen LogP contribution >= 0.6 is 11.6 Å². The molecule has 2 rings (SSSR count). The zero-order valence-corrected chi connectivity index (χ0v) is 12.0. The second-order valence-corrected chi connectivity index (χ2v) is 4.87. The third-order valence-electron chi connectivity index (χ3n) is 3.07. The van der Waals surface area contributed by atoms with Crippen molar-refractivity contribution in [2.45, 2.75) is 20.1 Å². The molecule has 2 aromatic carbocycles. The van der Waals surface area contributed by atoms with E-state index in [2.05, 4.69) is 24.4 Å². The summed E-state index contributed by atoms with van der Waals surface area (Å²) in [5.41, 5.74) is 3.43. The van der Waals surface area contributed by atoms with Crippen molar-refractivity contribution >= 4 is 11.6 Å². The second kappa shape index (κ2) is 6.60. The average Bonchev–Trinajstić information content (AvgIpc) is 2.41. The molecule has 0 radical (unpaired) electrons. The van der Waals surface area contributed by atoms with Gasteiger partial charge in [0.1, 0.15) is 12.4 Å². The minimum Gasteiger partial charge on any atom is -0.489 e. The van der Waals surface area contributed by atoms with E-state index in [4.69, 9.17) is 16.3 Å². The molecule has 0 aromatic heterocycles. The summed E-state index contributed by atoms with van der Waals surface area (Å²) < 4.78 is 5.91. The van der Waals surface area contributed by atoms with Gasteiger partial charge >= 0.3 is 0 Å². The highest BCUT2D eigenvalue weighted by Gasteiger charge is 2.08. The number of halogens is 1.